The SMILES string of the molecule is CC(C)(C)c1ccc(/C(=C\CCO)c2ccc(Cl)c(=O)[nH]2)cc1. The lowest BCUT2D eigenvalue weighted by atomic mass is 9.86. The molecular weight excluding hydrogens is 310 g/mol. The normalized spacial score (nSPS) is 12.5. The molecule has 1 aromatic heterocycles. The highest BCUT2D eigenvalue weighted by molar-refractivity contribution is 6.30. The van der Waals surface area contributed by atoms with E-state index in [4.69, 9.17) is 16.7 Å². The molecule has 0 unspecified atom stereocenters. The molecule has 0 fully saturated rings. The van der Waals surface area contributed by atoms with Crippen LogP contribution in [0.5, 0.6) is 0 Å². The molecule has 0 spiro atoms. The molecule has 0 saturated heterocycles. The molecule has 0 amide bonds. The zero-order valence-corrected chi connectivity index (χ0v) is 14.4. The number of rotatable bonds is 4. The topological polar surface area (TPSA) is 53.1 Å². The standard InChI is InChI=1S/C19H22ClNO2/c1-19(2,3)14-8-6-13(7-9-14)15(5-4-12-22)17-11-10-16(20)18(23)21-17/h5-11,22H,4,12H2,1-3H3,(H,21,23)/b15-5+. The summed E-state index contributed by atoms with van der Waals surface area (Å²) in [5, 5.41) is 9.29. The molecule has 2 rings (SSSR count). The molecule has 0 radical (unpaired) electrons. The molecule has 1 aromatic carbocycles. The van der Waals surface area contributed by atoms with Crippen molar-refractivity contribution in [1.82, 2.24) is 4.98 Å². The van der Waals surface area contributed by atoms with Crippen LogP contribution in [0.1, 0.15) is 44.0 Å². The number of nitrogens with one attached hydrogen (secondary N) is 1. The van der Waals surface area contributed by atoms with Crippen LogP contribution in [0.3, 0.4) is 0 Å². The zero-order valence-electron chi connectivity index (χ0n) is 13.7. The van der Waals surface area contributed by atoms with Crippen molar-refractivity contribution in [2.24, 2.45) is 0 Å². The van der Waals surface area contributed by atoms with E-state index in [1.165, 1.54) is 5.56 Å². The van der Waals surface area contributed by atoms with Crippen molar-refractivity contribution in [2.45, 2.75) is 32.6 Å². The molecule has 0 aliphatic heterocycles. The van der Waals surface area contributed by atoms with Crippen molar-refractivity contribution in [3.63, 3.8) is 0 Å². The van der Waals surface area contributed by atoms with Gasteiger partial charge in [0.1, 0.15) is 5.02 Å². The first-order valence-corrected chi connectivity index (χ1v) is 8.02. The van der Waals surface area contributed by atoms with Gasteiger partial charge in [-0.3, -0.25) is 4.79 Å². The summed E-state index contributed by atoms with van der Waals surface area (Å²) < 4.78 is 0. The fourth-order valence-corrected chi connectivity index (χ4v) is 2.47. The monoisotopic (exact) mass is 331 g/mol. The van der Waals surface area contributed by atoms with Gasteiger partial charge in [-0.1, -0.05) is 62.7 Å². The van der Waals surface area contributed by atoms with Crippen molar-refractivity contribution >= 4 is 17.2 Å². The van der Waals surface area contributed by atoms with Gasteiger partial charge in [0.15, 0.2) is 0 Å². The Bertz CT molecular complexity index is 752. The van der Waals surface area contributed by atoms with Crippen LogP contribution < -0.4 is 5.56 Å². The van der Waals surface area contributed by atoms with Crippen molar-refractivity contribution in [2.75, 3.05) is 6.61 Å². The van der Waals surface area contributed by atoms with Gasteiger partial charge in [0.25, 0.3) is 5.56 Å². The van der Waals surface area contributed by atoms with Gasteiger partial charge in [-0.25, -0.2) is 0 Å². The summed E-state index contributed by atoms with van der Waals surface area (Å²) in [6.07, 6.45) is 2.44. The molecule has 1 heterocycles. The van der Waals surface area contributed by atoms with E-state index in [1.54, 1.807) is 12.1 Å². The van der Waals surface area contributed by atoms with Crippen LogP contribution >= 0.6 is 11.6 Å². The van der Waals surface area contributed by atoms with E-state index in [2.05, 4.69) is 37.9 Å². The molecule has 122 valence electrons. The molecule has 2 aromatic rings. The number of aliphatic hydroxyl groups excluding tert-OH is 1. The molecule has 0 bridgehead atoms. The van der Waals surface area contributed by atoms with E-state index >= 15 is 0 Å². The number of halogens is 1. The Labute approximate surface area is 141 Å². The number of hydrogen-bond acceptors (Lipinski definition) is 2. The Balaban J connectivity index is 2.47. The summed E-state index contributed by atoms with van der Waals surface area (Å²) in [5.74, 6) is 0. The summed E-state index contributed by atoms with van der Waals surface area (Å²) in [6, 6.07) is 11.6. The van der Waals surface area contributed by atoms with Gasteiger partial charge in [0.05, 0.1) is 0 Å². The largest absolute Gasteiger partial charge is 0.396 e. The van der Waals surface area contributed by atoms with Gasteiger partial charge < -0.3 is 10.1 Å². The summed E-state index contributed by atoms with van der Waals surface area (Å²) in [4.78, 5) is 14.6. The van der Waals surface area contributed by atoms with E-state index in [-0.39, 0.29) is 22.6 Å². The Morgan fingerprint density at radius 1 is 1.17 bits per heavy atom. The summed E-state index contributed by atoms with van der Waals surface area (Å²) >= 11 is 5.80. The minimum absolute atomic E-state index is 0.0569. The highest BCUT2D eigenvalue weighted by atomic mass is 35.5. The van der Waals surface area contributed by atoms with E-state index in [0.717, 1.165) is 11.1 Å². The van der Waals surface area contributed by atoms with Crippen LogP contribution in [0.4, 0.5) is 0 Å². The van der Waals surface area contributed by atoms with Gasteiger partial charge in [-0.05, 0) is 35.1 Å². The molecule has 23 heavy (non-hydrogen) atoms. The van der Waals surface area contributed by atoms with E-state index in [0.29, 0.717) is 12.1 Å². The van der Waals surface area contributed by atoms with Crippen molar-refractivity contribution in [1.29, 1.82) is 0 Å². The second kappa shape index (κ2) is 7.16. The number of pyridine rings is 1. The summed E-state index contributed by atoms with van der Waals surface area (Å²) in [7, 11) is 0. The van der Waals surface area contributed by atoms with Crippen LogP contribution in [-0.4, -0.2) is 16.7 Å². The van der Waals surface area contributed by atoms with Gasteiger partial charge in [0.2, 0.25) is 0 Å². The Kier molecular flexibility index (Phi) is 5.45. The molecule has 3 nitrogen and oxygen atoms in total. The number of H-pyrrole nitrogens is 1. The summed E-state index contributed by atoms with van der Waals surface area (Å²) in [6.45, 7) is 6.56. The van der Waals surface area contributed by atoms with E-state index in [1.807, 2.05) is 18.2 Å². The van der Waals surface area contributed by atoms with Crippen LogP contribution in [0.25, 0.3) is 5.57 Å². The first-order valence-electron chi connectivity index (χ1n) is 7.64. The average molecular weight is 332 g/mol. The van der Waals surface area contributed by atoms with Crippen molar-refractivity contribution in [3.8, 4) is 0 Å². The molecule has 2 N–H and O–H groups in total. The quantitative estimate of drug-likeness (QED) is 0.884. The lowest BCUT2D eigenvalue weighted by molar-refractivity contribution is 0.303. The molecule has 0 saturated carbocycles. The van der Waals surface area contributed by atoms with Crippen molar-refractivity contribution < 1.29 is 5.11 Å². The fraction of sp³-hybridized carbons (Fsp3) is 0.316. The van der Waals surface area contributed by atoms with Crippen molar-refractivity contribution in [3.05, 3.63) is 74.7 Å². The fourth-order valence-electron chi connectivity index (χ4n) is 2.35. The summed E-state index contributed by atoms with van der Waals surface area (Å²) in [5.41, 5.74) is 3.58. The third-order valence-electron chi connectivity index (χ3n) is 3.69. The number of aromatic nitrogens is 1. The third-order valence-corrected chi connectivity index (χ3v) is 3.99. The highest BCUT2D eigenvalue weighted by Crippen LogP contribution is 2.27. The molecule has 0 aliphatic carbocycles. The van der Waals surface area contributed by atoms with Gasteiger partial charge in [-0.2, -0.15) is 0 Å². The van der Waals surface area contributed by atoms with Crippen LogP contribution in [0, 0.1) is 0 Å². The smallest absolute Gasteiger partial charge is 0.267 e. The van der Waals surface area contributed by atoms with Crippen LogP contribution in [-0.2, 0) is 5.41 Å². The maximum atomic E-state index is 11.8. The third kappa shape index (κ3) is 4.34. The van der Waals surface area contributed by atoms with Crippen LogP contribution in [0.15, 0.2) is 47.3 Å². The first kappa shape index (κ1) is 17.5. The zero-order chi connectivity index (χ0) is 17.0. The number of hydrogen-bond donors (Lipinski definition) is 2. The highest BCUT2D eigenvalue weighted by Gasteiger charge is 2.14. The van der Waals surface area contributed by atoms with Gasteiger partial charge >= 0.3 is 0 Å². The minimum Gasteiger partial charge on any atom is -0.396 e. The second-order valence-electron chi connectivity index (χ2n) is 6.51. The first-order chi connectivity index (χ1) is 10.8. The maximum Gasteiger partial charge on any atom is 0.267 e. The molecular formula is C19H22ClNO2. The van der Waals surface area contributed by atoms with Gasteiger partial charge in [0, 0.05) is 17.9 Å². The predicted molar refractivity (Wildman–Crippen MR) is 96.0 cm³/mol. The molecule has 0 aliphatic rings. The lowest BCUT2D eigenvalue weighted by Gasteiger charge is -2.19. The van der Waals surface area contributed by atoms with Crippen LogP contribution in [0.2, 0.25) is 5.02 Å². The number of benzene rings is 1. The minimum atomic E-state index is -0.314. The maximum absolute atomic E-state index is 11.8. The van der Waals surface area contributed by atoms with E-state index in [9.17, 15) is 4.79 Å². The molecule has 4 heteroatoms. The Morgan fingerprint density at radius 2 is 1.83 bits per heavy atom. The second-order valence-corrected chi connectivity index (χ2v) is 6.91. The predicted octanol–water partition coefficient (Wildman–Crippen LogP) is 4.14. The lowest BCUT2D eigenvalue weighted by Crippen LogP contribution is -2.11. The molecule has 0 atom stereocenters. The van der Waals surface area contributed by atoms with E-state index < -0.39 is 0 Å². The number of aliphatic hydroxyl groups is 1. The Hall–Kier alpha value is -1.84. The number of aromatic amines is 1. The Morgan fingerprint density at radius 3 is 2.35 bits per heavy atom. The average Bonchev–Trinajstić information content (AvgIpc) is 2.50. The van der Waals surface area contributed by atoms with Gasteiger partial charge in [-0.15, -0.1) is 0 Å².